The predicted octanol–water partition coefficient (Wildman–Crippen LogP) is 1.19. The van der Waals surface area contributed by atoms with Gasteiger partial charge in [-0.25, -0.2) is 4.90 Å². The number of carbonyl (C=O) groups excluding carboxylic acids is 3. The van der Waals surface area contributed by atoms with Gasteiger partial charge in [-0.2, -0.15) is 10.2 Å². The number of fused-ring (bicyclic) bond motifs is 1. The second-order valence-corrected chi connectivity index (χ2v) is 4.81. The number of rotatable bonds is 4. The summed E-state index contributed by atoms with van der Waals surface area (Å²) in [6.45, 7) is 3.88. The van der Waals surface area contributed by atoms with Crippen molar-refractivity contribution < 1.29 is 14.4 Å². The van der Waals surface area contributed by atoms with Crippen LogP contribution in [0.4, 0.5) is 5.69 Å². The molecule has 1 N–H and O–H groups in total. The molecule has 1 aliphatic heterocycles. The number of benzene rings is 1. The van der Waals surface area contributed by atoms with Crippen molar-refractivity contribution in [1.82, 2.24) is 15.5 Å². The molecule has 7 heteroatoms. The SMILES string of the molecule is C=CCNC(=O)c1ccc(N2C(=O)c3cnncc3C2=O)cc1. The summed E-state index contributed by atoms with van der Waals surface area (Å²) >= 11 is 0. The molecule has 0 aliphatic carbocycles. The van der Waals surface area contributed by atoms with Gasteiger partial charge < -0.3 is 5.32 Å². The third-order valence-electron chi connectivity index (χ3n) is 3.39. The van der Waals surface area contributed by atoms with E-state index in [1.807, 2.05) is 0 Å². The van der Waals surface area contributed by atoms with Crippen LogP contribution in [0.15, 0.2) is 49.3 Å². The molecule has 2 aromatic rings. The molecular weight excluding hydrogens is 296 g/mol. The van der Waals surface area contributed by atoms with Crippen molar-refractivity contribution in [3.63, 3.8) is 0 Å². The summed E-state index contributed by atoms with van der Waals surface area (Å²) in [5, 5.41) is 9.90. The number of aromatic nitrogens is 2. The largest absolute Gasteiger partial charge is 0.349 e. The summed E-state index contributed by atoms with van der Waals surface area (Å²) in [5.41, 5.74) is 1.25. The first-order chi connectivity index (χ1) is 11.1. The molecule has 1 aromatic carbocycles. The second-order valence-electron chi connectivity index (χ2n) is 4.81. The first-order valence-electron chi connectivity index (χ1n) is 6.82. The van der Waals surface area contributed by atoms with Gasteiger partial charge in [-0.1, -0.05) is 6.08 Å². The highest BCUT2D eigenvalue weighted by Crippen LogP contribution is 2.27. The van der Waals surface area contributed by atoms with Gasteiger partial charge in [0.25, 0.3) is 17.7 Å². The molecule has 1 aliphatic rings. The van der Waals surface area contributed by atoms with Gasteiger partial charge >= 0.3 is 0 Å². The predicted molar refractivity (Wildman–Crippen MR) is 82.1 cm³/mol. The van der Waals surface area contributed by atoms with E-state index < -0.39 is 11.8 Å². The quantitative estimate of drug-likeness (QED) is 0.676. The van der Waals surface area contributed by atoms with Crippen molar-refractivity contribution in [3.05, 3.63) is 66.0 Å². The summed E-state index contributed by atoms with van der Waals surface area (Å²) in [5.74, 6) is -1.17. The van der Waals surface area contributed by atoms with E-state index in [9.17, 15) is 14.4 Å². The minimum Gasteiger partial charge on any atom is -0.349 e. The van der Waals surface area contributed by atoms with Gasteiger partial charge in [0, 0.05) is 12.1 Å². The zero-order chi connectivity index (χ0) is 16.4. The molecule has 3 amide bonds. The normalized spacial score (nSPS) is 13.0. The smallest absolute Gasteiger partial charge is 0.267 e. The minimum absolute atomic E-state index is 0.220. The Kier molecular flexibility index (Phi) is 3.68. The fraction of sp³-hybridized carbons (Fsp3) is 0.0625. The topological polar surface area (TPSA) is 92.3 Å². The summed E-state index contributed by atoms with van der Waals surface area (Å²) in [6.07, 6.45) is 4.12. The Balaban J connectivity index is 1.86. The van der Waals surface area contributed by atoms with Gasteiger partial charge in [0.15, 0.2) is 0 Å². The molecular formula is C16H12N4O3. The Morgan fingerprint density at radius 1 is 1.09 bits per heavy atom. The summed E-state index contributed by atoms with van der Waals surface area (Å²) in [4.78, 5) is 37.5. The molecule has 7 nitrogen and oxygen atoms in total. The van der Waals surface area contributed by atoms with Crippen LogP contribution in [0.25, 0.3) is 0 Å². The lowest BCUT2D eigenvalue weighted by Crippen LogP contribution is -2.29. The fourth-order valence-electron chi connectivity index (χ4n) is 2.26. The Morgan fingerprint density at radius 3 is 2.17 bits per heavy atom. The average molecular weight is 308 g/mol. The van der Waals surface area contributed by atoms with Gasteiger partial charge in [-0.3, -0.25) is 14.4 Å². The number of amides is 3. The zero-order valence-electron chi connectivity index (χ0n) is 12.0. The first kappa shape index (κ1) is 14.6. The van der Waals surface area contributed by atoms with E-state index in [4.69, 9.17) is 0 Å². The lowest BCUT2D eigenvalue weighted by atomic mass is 10.2. The van der Waals surface area contributed by atoms with Crippen molar-refractivity contribution in [3.8, 4) is 0 Å². The number of nitrogens with zero attached hydrogens (tertiary/aromatic N) is 3. The molecule has 0 saturated heterocycles. The number of imide groups is 1. The molecule has 0 unspecified atom stereocenters. The molecule has 0 fully saturated rings. The van der Waals surface area contributed by atoms with Gasteiger partial charge in [0.05, 0.1) is 29.2 Å². The van der Waals surface area contributed by atoms with Crippen molar-refractivity contribution in [1.29, 1.82) is 0 Å². The van der Waals surface area contributed by atoms with Crippen molar-refractivity contribution in [2.75, 3.05) is 11.4 Å². The van der Waals surface area contributed by atoms with Crippen molar-refractivity contribution in [2.45, 2.75) is 0 Å². The van der Waals surface area contributed by atoms with E-state index in [1.54, 1.807) is 30.3 Å². The summed E-state index contributed by atoms with van der Waals surface area (Å²) < 4.78 is 0. The van der Waals surface area contributed by atoms with Crippen molar-refractivity contribution in [2.24, 2.45) is 0 Å². The maximum atomic E-state index is 12.3. The van der Waals surface area contributed by atoms with Crippen LogP contribution in [-0.2, 0) is 0 Å². The number of hydrogen-bond donors (Lipinski definition) is 1. The minimum atomic E-state index is -0.455. The summed E-state index contributed by atoms with van der Waals surface area (Å²) in [7, 11) is 0. The van der Waals surface area contributed by atoms with E-state index >= 15 is 0 Å². The number of hydrogen-bond acceptors (Lipinski definition) is 5. The lowest BCUT2D eigenvalue weighted by molar-refractivity contribution is 0.0923. The highest BCUT2D eigenvalue weighted by Gasteiger charge is 2.37. The van der Waals surface area contributed by atoms with Crippen LogP contribution < -0.4 is 10.2 Å². The zero-order valence-corrected chi connectivity index (χ0v) is 12.0. The maximum absolute atomic E-state index is 12.3. The number of carbonyl (C=O) groups is 3. The molecule has 0 radical (unpaired) electrons. The highest BCUT2D eigenvalue weighted by molar-refractivity contribution is 6.34. The highest BCUT2D eigenvalue weighted by atomic mass is 16.2. The summed E-state index contributed by atoms with van der Waals surface area (Å²) in [6, 6.07) is 6.19. The Hall–Kier alpha value is -3.35. The molecule has 1 aromatic heterocycles. The van der Waals surface area contributed by atoms with Crippen LogP contribution in [0, 0.1) is 0 Å². The molecule has 0 bridgehead atoms. The molecule has 23 heavy (non-hydrogen) atoms. The van der Waals surface area contributed by atoms with E-state index in [0.29, 0.717) is 17.8 Å². The molecule has 2 heterocycles. The van der Waals surface area contributed by atoms with E-state index in [-0.39, 0.29) is 17.0 Å². The number of anilines is 1. The van der Waals surface area contributed by atoms with Crippen LogP contribution in [0.3, 0.4) is 0 Å². The Labute approximate surface area is 131 Å². The Morgan fingerprint density at radius 2 is 1.65 bits per heavy atom. The van der Waals surface area contributed by atoms with Crippen LogP contribution >= 0.6 is 0 Å². The molecule has 0 atom stereocenters. The van der Waals surface area contributed by atoms with E-state index in [1.165, 1.54) is 12.4 Å². The van der Waals surface area contributed by atoms with Gasteiger partial charge in [0.1, 0.15) is 0 Å². The van der Waals surface area contributed by atoms with Crippen LogP contribution in [0.1, 0.15) is 31.1 Å². The molecule has 0 saturated carbocycles. The van der Waals surface area contributed by atoms with Crippen LogP contribution in [-0.4, -0.2) is 34.5 Å². The van der Waals surface area contributed by atoms with Crippen LogP contribution in [0.2, 0.25) is 0 Å². The standard InChI is InChI=1S/C16H12N4O3/c1-2-7-17-14(21)10-3-5-11(6-4-10)20-15(22)12-8-18-19-9-13(12)16(20)23/h2-6,8-9H,1,7H2,(H,17,21). The fourth-order valence-corrected chi connectivity index (χ4v) is 2.26. The third-order valence-corrected chi connectivity index (χ3v) is 3.39. The molecule has 3 rings (SSSR count). The monoisotopic (exact) mass is 308 g/mol. The van der Waals surface area contributed by atoms with Crippen LogP contribution in [0.5, 0.6) is 0 Å². The van der Waals surface area contributed by atoms with Gasteiger partial charge in [-0.05, 0) is 24.3 Å². The molecule has 114 valence electrons. The van der Waals surface area contributed by atoms with Gasteiger partial charge in [0.2, 0.25) is 0 Å². The van der Waals surface area contributed by atoms with Crippen molar-refractivity contribution >= 4 is 23.4 Å². The third kappa shape index (κ3) is 2.48. The molecule has 0 spiro atoms. The first-order valence-corrected chi connectivity index (χ1v) is 6.82. The van der Waals surface area contributed by atoms with E-state index in [2.05, 4.69) is 22.1 Å². The van der Waals surface area contributed by atoms with E-state index in [0.717, 1.165) is 4.90 Å². The number of nitrogens with one attached hydrogen (secondary N) is 1. The Bertz CT molecular complexity index is 779. The lowest BCUT2D eigenvalue weighted by Gasteiger charge is -2.14. The average Bonchev–Trinajstić information content (AvgIpc) is 2.84. The van der Waals surface area contributed by atoms with Gasteiger partial charge in [-0.15, -0.1) is 6.58 Å². The second kappa shape index (κ2) is 5.80. The maximum Gasteiger partial charge on any atom is 0.267 e.